The number of nitrogen functional groups attached to an aromatic ring is 1. The van der Waals surface area contributed by atoms with Gasteiger partial charge in [0.2, 0.25) is 0 Å². The number of anilines is 1. The molecule has 1 aromatic rings. The Labute approximate surface area is 104 Å². The Morgan fingerprint density at radius 2 is 2.17 bits per heavy atom. The molecule has 0 aliphatic heterocycles. The van der Waals surface area contributed by atoms with Crippen LogP contribution in [-0.2, 0) is 0 Å². The van der Waals surface area contributed by atoms with Crippen molar-refractivity contribution in [2.45, 2.75) is 12.5 Å². The molecule has 0 radical (unpaired) electrons. The quantitative estimate of drug-likeness (QED) is 0.631. The summed E-state index contributed by atoms with van der Waals surface area (Å²) in [6.45, 7) is -0.00739. The predicted octanol–water partition coefficient (Wildman–Crippen LogP) is -0.457. The van der Waals surface area contributed by atoms with E-state index in [1.54, 1.807) is 12.3 Å². The molecule has 2 rings (SSSR count). The molecule has 0 bridgehead atoms. The Balaban J connectivity index is 2.27. The lowest BCUT2D eigenvalue weighted by atomic mass is 9.82. The molecule has 0 spiro atoms. The molecule has 98 valence electrons. The van der Waals surface area contributed by atoms with Gasteiger partial charge in [0.1, 0.15) is 5.82 Å². The molecule has 1 aliphatic rings. The van der Waals surface area contributed by atoms with E-state index in [1.165, 1.54) is 4.57 Å². The number of nitrogens with two attached hydrogens (primary N) is 1. The van der Waals surface area contributed by atoms with E-state index in [9.17, 15) is 15.0 Å². The SMILES string of the molecule is Nc1ccn([C@H]2C=C[C@H](CO)[C@@H](CO)C2)c(=O)n1. The number of aliphatic hydroxyl groups is 2. The highest BCUT2D eigenvalue weighted by molar-refractivity contribution is 5.24. The van der Waals surface area contributed by atoms with Crippen LogP contribution in [0.3, 0.4) is 0 Å². The summed E-state index contributed by atoms with van der Waals surface area (Å²) in [5.41, 5.74) is 5.04. The van der Waals surface area contributed by atoms with Crippen LogP contribution in [0, 0.1) is 11.8 Å². The lowest BCUT2D eigenvalue weighted by Crippen LogP contribution is -2.32. The summed E-state index contributed by atoms with van der Waals surface area (Å²) in [7, 11) is 0. The van der Waals surface area contributed by atoms with Gasteiger partial charge in [0.05, 0.1) is 6.04 Å². The number of allylic oxidation sites excluding steroid dienone is 1. The lowest BCUT2D eigenvalue weighted by molar-refractivity contribution is 0.123. The van der Waals surface area contributed by atoms with Crippen molar-refractivity contribution >= 4 is 5.82 Å². The Kier molecular flexibility index (Phi) is 3.78. The van der Waals surface area contributed by atoms with Crippen LogP contribution in [0.25, 0.3) is 0 Å². The van der Waals surface area contributed by atoms with Crippen LogP contribution in [0.2, 0.25) is 0 Å². The first kappa shape index (κ1) is 12.8. The number of rotatable bonds is 3. The van der Waals surface area contributed by atoms with Gasteiger partial charge in [-0.2, -0.15) is 4.98 Å². The van der Waals surface area contributed by atoms with Crippen LogP contribution < -0.4 is 11.4 Å². The normalized spacial score (nSPS) is 27.3. The second-order valence-corrected chi connectivity index (χ2v) is 4.52. The molecule has 0 saturated carbocycles. The molecular weight excluding hydrogens is 234 g/mol. The number of aliphatic hydroxyl groups excluding tert-OH is 2. The molecule has 1 heterocycles. The first-order valence-electron chi connectivity index (χ1n) is 5.90. The molecule has 1 aliphatic carbocycles. The van der Waals surface area contributed by atoms with Crippen molar-refractivity contribution in [1.82, 2.24) is 9.55 Å². The summed E-state index contributed by atoms with van der Waals surface area (Å²) in [6, 6.07) is 1.42. The maximum Gasteiger partial charge on any atom is 0.350 e. The molecule has 0 amide bonds. The van der Waals surface area contributed by atoms with E-state index in [0.29, 0.717) is 6.42 Å². The van der Waals surface area contributed by atoms with Gasteiger partial charge in [-0.3, -0.25) is 4.57 Å². The van der Waals surface area contributed by atoms with E-state index >= 15 is 0 Å². The summed E-state index contributed by atoms with van der Waals surface area (Å²) in [6.07, 6.45) is 5.92. The van der Waals surface area contributed by atoms with E-state index in [4.69, 9.17) is 5.73 Å². The molecule has 0 saturated heterocycles. The summed E-state index contributed by atoms with van der Waals surface area (Å²) in [4.78, 5) is 15.4. The van der Waals surface area contributed by atoms with Crippen molar-refractivity contribution in [3.8, 4) is 0 Å². The Bertz CT molecular complexity index is 498. The van der Waals surface area contributed by atoms with Gasteiger partial charge in [0.25, 0.3) is 0 Å². The molecule has 6 nitrogen and oxygen atoms in total. The van der Waals surface area contributed by atoms with Crippen molar-refractivity contribution in [2.24, 2.45) is 11.8 Å². The van der Waals surface area contributed by atoms with Gasteiger partial charge in [0.15, 0.2) is 0 Å². The van der Waals surface area contributed by atoms with E-state index in [0.717, 1.165) is 0 Å². The third-order valence-electron chi connectivity index (χ3n) is 3.38. The predicted molar refractivity (Wildman–Crippen MR) is 66.9 cm³/mol. The minimum atomic E-state index is -0.399. The Morgan fingerprint density at radius 1 is 1.39 bits per heavy atom. The zero-order valence-electron chi connectivity index (χ0n) is 9.94. The van der Waals surface area contributed by atoms with Gasteiger partial charge in [-0.05, 0) is 18.4 Å². The minimum Gasteiger partial charge on any atom is -0.396 e. The van der Waals surface area contributed by atoms with Crippen LogP contribution in [0.15, 0.2) is 29.2 Å². The highest BCUT2D eigenvalue weighted by atomic mass is 16.3. The average Bonchev–Trinajstić information content (AvgIpc) is 2.38. The minimum absolute atomic E-state index is 0.00331. The number of aromatic nitrogens is 2. The Morgan fingerprint density at radius 3 is 2.78 bits per heavy atom. The zero-order valence-corrected chi connectivity index (χ0v) is 9.94. The maximum atomic E-state index is 11.7. The Hall–Kier alpha value is -1.66. The van der Waals surface area contributed by atoms with Crippen LogP contribution in [0.4, 0.5) is 5.82 Å². The fraction of sp³-hybridized carbons (Fsp3) is 0.500. The second kappa shape index (κ2) is 5.32. The van der Waals surface area contributed by atoms with Crippen LogP contribution in [-0.4, -0.2) is 33.0 Å². The number of nitrogens with zero attached hydrogens (tertiary/aromatic N) is 2. The molecule has 3 atom stereocenters. The first-order valence-corrected chi connectivity index (χ1v) is 5.90. The van der Waals surface area contributed by atoms with Crippen molar-refractivity contribution in [2.75, 3.05) is 18.9 Å². The molecule has 0 unspecified atom stereocenters. The van der Waals surface area contributed by atoms with E-state index in [2.05, 4.69) is 4.98 Å². The lowest BCUT2D eigenvalue weighted by Gasteiger charge is -2.30. The molecule has 0 aromatic carbocycles. The van der Waals surface area contributed by atoms with Crippen LogP contribution in [0.1, 0.15) is 12.5 Å². The second-order valence-electron chi connectivity index (χ2n) is 4.52. The summed E-state index contributed by atoms with van der Waals surface area (Å²) in [5.74, 6) is 0.0983. The van der Waals surface area contributed by atoms with E-state index in [-0.39, 0.29) is 36.9 Å². The fourth-order valence-corrected chi connectivity index (χ4v) is 2.30. The molecule has 0 fully saturated rings. The van der Waals surface area contributed by atoms with E-state index in [1.807, 2.05) is 12.2 Å². The summed E-state index contributed by atoms with van der Waals surface area (Å²) < 4.78 is 1.49. The van der Waals surface area contributed by atoms with Crippen molar-refractivity contribution < 1.29 is 10.2 Å². The third kappa shape index (κ3) is 2.44. The molecule has 4 N–H and O–H groups in total. The topological polar surface area (TPSA) is 101 Å². The number of hydrogen-bond acceptors (Lipinski definition) is 5. The average molecular weight is 251 g/mol. The first-order chi connectivity index (χ1) is 8.65. The molecule has 1 aromatic heterocycles. The van der Waals surface area contributed by atoms with Gasteiger partial charge in [-0.25, -0.2) is 4.79 Å². The van der Waals surface area contributed by atoms with Gasteiger partial charge >= 0.3 is 5.69 Å². The van der Waals surface area contributed by atoms with Crippen molar-refractivity contribution in [3.05, 3.63) is 34.9 Å². The van der Waals surface area contributed by atoms with Gasteiger partial charge in [-0.15, -0.1) is 0 Å². The molecular formula is C12H17N3O3. The zero-order chi connectivity index (χ0) is 13.1. The van der Waals surface area contributed by atoms with Gasteiger partial charge < -0.3 is 15.9 Å². The van der Waals surface area contributed by atoms with Crippen LogP contribution in [0.5, 0.6) is 0 Å². The molecule has 6 heteroatoms. The van der Waals surface area contributed by atoms with Gasteiger partial charge in [-0.1, -0.05) is 12.2 Å². The smallest absolute Gasteiger partial charge is 0.350 e. The standard InChI is InChI=1S/C12H17N3O3/c13-11-3-4-15(12(18)14-11)10-2-1-8(6-16)9(5-10)7-17/h1-4,8-10,16-17H,5-7H2,(H2,13,14,18)/t8-,9-,10+/m1/s1. The monoisotopic (exact) mass is 251 g/mol. The maximum absolute atomic E-state index is 11.7. The number of hydrogen-bond donors (Lipinski definition) is 3. The largest absolute Gasteiger partial charge is 0.396 e. The van der Waals surface area contributed by atoms with E-state index < -0.39 is 5.69 Å². The van der Waals surface area contributed by atoms with Gasteiger partial charge in [0, 0.05) is 25.3 Å². The fourth-order valence-electron chi connectivity index (χ4n) is 2.30. The summed E-state index contributed by atoms with van der Waals surface area (Å²) in [5, 5.41) is 18.5. The molecule has 18 heavy (non-hydrogen) atoms. The highest BCUT2D eigenvalue weighted by Gasteiger charge is 2.26. The third-order valence-corrected chi connectivity index (χ3v) is 3.38. The summed E-state index contributed by atoms with van der Waals surface area (Å²) >= 11 is 0. The van der Waals surface area contributed by atoms with Crippen molar-refractivity contribution in [3.63, 3.8) is 0 Å². The van der Waals surface area contributed by atoms with Crippen molar-refractivity contribution in [1.29, 1.82) is 0 Å². The highest BCUT2D eigenvalue weighted by Crippen LogP contribution is 2.30. The van der Waals surface area contributed by atoms with Crippen LogP contribution >= 0.6 is 0 Å².